The molecule has 0 spiro atoms. The molecule has 60 valence electrons. The van der Waals surface area contributed by atoms with Gasteiger partial charge in [-0.3, -0.25) is 0 Å². The van der Waals surface area contributed by atoms with Crippen LogP contribution in [0.5, 0.6) is 0 Å². The van der Waals surface area contributed by atoms with E-state index in [4.69, 9.17) is 9.31 Å². The Morgan fingerprint density at radius 3 is 1.27 bits per heavy atom. The van der Waals surface area contributed by atoms with E-state index in [1.807, 2.05) is 0 Å². The summed E-state index contributed by atoms with van der Waals surface area (Å²) in [6.07, 6.45) is 1.02. The van der Waals surface area contributed by atoms with Crippen molar-refractivity contribution in [3.8, 4) is 0 Å². The lowest BCUT2D eigenvalue weighted by atomic mass is 10.3. The van der Waals surface area contributed by atoms with Gasteiger partial charge in [-0.05, 0) is 6.42 Å². The van der Waals surface area contributed by atoms with E-state index in [9.17, 15) is 0 Å². The quantitative estimate of drug-likeness (QED) is 0.444. The maximum atomic E-state index is 4.72. The van der Waals surface area contributed by atoms with E-state index in [0.29, 0.717) is 0 Å². The van der Waals surface area contributed by atoms with Crippen LogP contribution in [-0.4, -0.2) is 41.8 Å². The Labute approximate surface area is 67.8 Å². The molecule has 0 aromatic heterocycles. The Kier molecular flexibility index (Phi) is 5.49. The minimum Gasteiger partial charge on any atom is -0.413 e. The molecule has 0 bridgehead atoms. The molecular formula is C5H10B2O4. The molecule has 2 radical (unpaired) electrons. The maximum Gasteiger partial charge on any atom is 0.488 e. The van der Waals surface area contributed by atoms with Crippen molar-refractivity contribution in [2.75, 3.05) is 26.4 Å². The average molecular weight is 156 g/mol. The van der Waals surface area contributed by atoms with Gasteiger partial charge in [0.2, 0.25) is 0 Å². The van der Waals surface area contributed by atoms with Gasteiger partial charge in [0, 0.05) is 13.2 Å². The zero-order chi connectivity index (χ0) is 7.78. The van der Waals surface area contributed by atoms with E-state index in [1.54, 1.807) is 0 Å². The van der Waals surface area contributed by atoms with Crippen molar-refractivity contribution in [2.24, 2.45) is 0 Å². The first kappa shape index (κ1) is 9.06. The third-order valence-corrected chi connectivity index (χ3v) is 1.12. The van der Waals surface area contributed by atoms with Gasteiger partial charge in [0.1, 0.15) is 0 Å². The summed E-state index contributed by atoms with van der Waals surface area (Å²) in [4.78, 5) is 0. The lowest BCUT2D eigenvalue weighted by Crippen LogP contribution is -2.14. The Hall–Kier alpha value is -0.0301. The van der Waals surface area contributed by atoms with Crippen LogP contribution in [0.3, 0.4) is 0 Å². The molecule has 0 N–H and O–H groups in total. The second-order valence-electron chi connectivity index (χ2n) is 2.03. The number of hydrogen-bond acceptors (Lipinski definition) is 4. The van der Waals surface area contributed by atoms with Crippen molar-refractivity contribution in [1.82, 2.24) is 0 Å². The molecule has 4 nitrogen and oxygen atoms in total. The zero-order valence-electron chi connectivity index (χ0n) is 6.32. The zero-order valence-corrected chi connectivity index (χ0v) is 6.32. The van der Waals surface area contributed by atoms with Gasteiger partial charge in [-0.15, -0.1) is 0 Å². The minimum absolute atomic E-state index is 0.722. The average Bonchev–Trinajstić information content (AvgIpc) is 2.64. The molecule has 0 unspecified atom stereocenters. The molecule has 0 aromatic rings. The van der Waals surface area contributed by atoms with Crippen molar-refractivity contribution in [3.05, 3.63) is 0 Å². The van der Waals surface area contributed by atoms with E-state index in [2.05, 4.69) is 9.31 Å². The summed E-state index contributed by atoms with van der Waals surface area (Å²) in [6.45, 7) is 3.08. The van der Waals surface area contributed by atoms with Crippen LogP contribution >= 0.6 is 0 Å². The third kappa shape index (κ3) is 5.26. The van der Waals surface area contributed by atoms with E-state index in [0.717, 1.165) is 32.8 Å². The molecule has 2 aliphatic rings. The van der Waals surface area contributed by atoms with Gasteiger partial charge in [0.15, 0.2) is 0 Å². The molecule has 6 heteroatoms. The van der Waals surface area contributed by atoms with Crippen LogP contribution in [0.25, 0.3) is 0 Å². The van der Waals surface area contributed by atoms with Gasteiger partial charge in [0.25, 0.3) is 0 Å². The fourth-order valence-corrected chi connectivity index (χ4v) is 0.610. The van der Waals surface area contributed by atoms with Gasteiger partial charge in [-0.2, -0.15) is 0 Å². The predicted molar refractivity (Wildman–Crippen MR) is 39.9 cm³/mol. The molecule has 0 atom stereocenters. The monoisotopic (exact) mass is 156 g/mol. The van der Waals surface area contributed by atoms with Crippen LogP contribution in [0, 0.1) is 0 Å². The lowest BCUT2D eigenvalue weighted by Gasteiger charge is -2.07. The summed E-state index contributed by atoms with van der Waals surface area (Å²) in [6, 6.07) is 0. The Bertz CT molecular complexity index is 65.4. The van der Waals surface area contributed by atoms with Gasteiger partial charge < -0.3 is 18.6 Å². The highest BCUT2D eigenvalue weighted by Crippen LogP contribution is 1.89. The number of hydrogen-bond donors (Lipinski definition) is 0. The molecule has 11 heavy (non-hydrogen) atoms. The Morgan fingerprint density at radius 1 is 0.636 bits per heavy atom. The molecule has 2 aliphatic heterocycles. The van der Waals surface area contributed by atoms with E-state index < -0.39 is 0 Å². The standard InChI is InChI=1S/C3H6BO2.C2H4BO2/c1-2-5-4-6-3-1;1-2-5-3-4-1/h1-3H2;1-2H2. The highest BCUT2D eigenvalue weighted by molar-refractivity contribution is 6.18. The predicted octanol–water partition coefficient (Wildman–Crippen LogP) is -0.475. The summed E-state index contributed by atoms with van der Waals surface area (Å²) in [7, 11) is 2.75. The molecular weight excluding hydrogens is 146 g/mol. The molecule has 2 saturated heterocycles. The SMILES string of the molecule is [B]1OCCCO1.[B]1OCCO1. The van der Waals surface area contributed by atoms with Crippen molar-refractivity contribution in [2.45, 2.75) is 6.42 Å². The van der Waals surface area contributed by atoms with Crippen LogP contribution in [0.1, 0.15) is 6.42 Å². The largest absolute Gasteiger partial charge is 0.488 e. The minimum atomic E-state index is 0.722. The van der Waals surface area contributed by atoms with Crippen molar-refractivity contribution >= 4 is 15.4 Å². The Balaban J connectivity index is 0.000000112. The normalized spacial score (nSPS) is 22.5. The lowest BCUT2D eigenvalue weighted by molar-refractivity contribution is 0.156. The molecule has 2 fully saturated rings. The van der Waals surface area contributed by atoms with E-state index in [-0.39, 0.29) is 0 Å². The summed E-state index contributed by atoms with van der Waals surface area (Å²) in [5.74, 6) is 0. The van der Waals surface area contributed by atoms with Gasteiger partial charge >= 0.3 is 15.4 Å². The first-order valence-corrected chi connectivity index (χ1v) is 3.60. The summed E-state index contributed by atoms with van der Waals surface area (Å²) >= 11 is 0. The van der Waals surface area contributed by atoms with Crippen molar-refractivity contribution < 1.29 is 18.6 Å². The van der Waals surface area contributed by atoms with Crippen LogP contribution in [0.2, 0.25) is 0 Å². The molecule has 2 rings (SSSR count). The fourth-order valence-electron chi connectivity index (χ4n) is 0.610. The van der Waals surface area contributed by atoms with Gasteiger partial charge in [-0.1, -0.05) is 0 Å². The molecule has 2 heterocycles. The topological polar surface area (TPSA) is 36.9 Å². The van der Waals surface area contributed by atoms with Crippen molar-refractivity contribution in [1.29, 1.82) is 0 Å². The first-order chi connectivity index (χ1) is 5.50. The van der Waals surface area contributed by atoms with Gasteiger partial charge in [0.05, 0.1) is 13.2 Å². The number of rotatable bonds is 0. The summed E-state index contributed by atoms with van der Waals surface area (Å²) < 4.78 is 18.6. The van der Waals surface area contributed by atoms with Crippen LogP contribution in [-0.2, 0) is 18.6 Å². The highest BCUT2D eigenvalue weighted by Gasteiger charge is 1.99. The van der Waals surface area contributed by atoms with Crippen LogP contribution < -0.4 is 0 Å². The van der Waals surface area contributed by atoms with E-state index in [1.165, 1.54) is 15.4 Å². The van der Waals surface area contributed by atoms with E-state index >= 15 is 0 Å². The second-order valence-corrected chi connectivity index (χ2v) is 2.03. The van der Waals surface area contributed by atoms with Crippen LogP contribution in [0.15, 0.2) is 0 Å². The Morgan fingerprint density at radius 2 is 1.09 bits per heavy atom. The van der Waals surface area contributed by atoms with Crippen molar-refractivity contribution in [3.63, 3.8) is 0 Å². The first-order valence-electron chi connectivity index (χ1n) is 3.60. The maximum absolute atomic E-state index is 4.72. The van der Waals surface area contributed by atoms with Crippen LogP contribution in [0.4, 0.5) is 0 Å². The summed E-state index contributed by atoms with van der Waals surface area (Å²) in [5.41, 5.74) is 0. The highest BCUT2D eigenvalue weighted by atomic mass is 16.6. The molecule has 0 saturated carbocycles. The smallest absolute Gasteiger partial charge is 0.413 e. The third-order valence-electron chi connectivity index (χ3n) is 1.12. The molecule has 0 amide bonds. The second kappa shape index (κ2) is 6.67. The molecule has 0 aromatic carbocycles. The van der Waals surface area contributed by atoms with Gasteiger partial charge in [-0.25, -0.2) is 0 Å². The fraction of sp³-hybridized carbons (Fsp3) is 1.00. The summed E-state index contributed by atoms with van der Waals surface area (Å²) in [5, 5.41) is 0. The molecule has 0 aliphatic carbocycles.